The van der Waals surface area contributed by atoms with Crippen LogP contribution in [0.25, 0.3) is 0 Å². The van der Waals surface area contributed by atoms with E-state index in [-0.39, 0.29) is 24.1 Å². The summed E-state index contributed by atoms with van der Waals surface area (Å²) in [5.41, 5.74) is 1.99. The molecule has 1 aromatic rings. The van der Waals surface area contributed by atoms with Crippen LogP contribution < -0.4 is 5.32 Å². The van der Waals surface area contributed by atoms with E-state index in [0.717, 1.165) is 42.0 Å². The summed E-state index contributed by atoms with van der Waals surface area (Å²) in [6, 6.07) is 6.33. The number of carbonyl (C=O) groups is 1. The molecule has 2 bridgehead atoms. The molecule has 22 heavy (non-hydrogen) atoms. The average Bonchev–Trinajstić information content (AvgIpc) is 2.75. The van der Waals surface area contributed by atoms with Gasteiger partial charge in [-0.2, -0.15) is 0 Å². The number of aryl methyl sites for hydroxylation is 1. The van der Waals surface area contributed by atoms with Gasteiger partial charge in [-0.3, -0.25) is 4.79 Å². The van der Waals surface area contributed by atoms with E-state index < -0.39 is 0 Å². The van der Waals surface area contributed by atoms with Crippen LogP contribution in [0, 0.1) is 6.92 Å². The lowest BCUT2D eigenvalue weighted by Crippen LogP contribution is -2.48. The minimum Gasteiger partial charge on any atom is -0.393 e. The number of aliphatic hydroxyl groups is 1. The van der Waals surface area contributed by atoms with Crippen molar-refractivity contribution < 1.29 is 9.90 Å². The highest BCUT2D eigenvalue weighted by Gasteiger charge is 2.42. The molecule has 2 aliphatic rings. The van der Waals surface area contributed by atoms with Crippen molar-refractivity contribution in [3.8, 4) is 0 Å². The maximum atomic E-state index is 12.5. The maximum absolute atomic E-state index is 12.5. The van der Waals surface area contributed by atoms with Gasteiger partial charge in [0.05, 0.1) is 6.10 Å². The first-order chi connectivity index (χ1) is 10.5. The normalized spacial score (nSPS) is 27.0. The lowest BCUT2D eigenvalue weighted by atomic mass is 9.99. The van der Waals surface area contributed by atoms with E-state index in [0.29, 0.717) is 13.0 Å². The van der Waals surface area contributed by atoms with Crippen LogP contribution in [0.5, 0.6) is 0 Å². The maximum Gasteiger partial charge on any atom is 0.224 e. The third-order valence-electron chi connectivity index (χ3n) is 4.84. The van der Waals surface area contributed by atoms with Crippen molar-refractivity contribution >= 4 is 23.2 Å². The summed E-state index contributed by atoms with van der Waals surface area (Å²) in [6.07, 6.45) is 3.80. The summed E-state index contributed by atoms with van der Waals surface area (Å²) in [6.45, 7) is 2.58. The van der Waals surface area contributed by atoms with Gasteiger partial charge in [0, 0.05) is 35.8 Å². The lowest BCUT2D eigenvalue weighted by Gasteiger charge is -2.37. The van der Waals surface area contributed by atoms with Gasteiger partial charge in [0.25, 0.3) is 0 Å². The predicted octanol–water partition coefficient (Wildman–Crippen LogP) is 2.96. The van der Waals surface area contributed by atoms with Crippen molar-refractivity contribution in [2.24, 2.45) is 0 Å². The van der Waals surface area contributed by atoms with Crippen LogP contribution in [0.1, 0.15) is 37.7 Å². The Morgan fingerprint density at radius 3 is 2.68 bits per heavy atom. The van der Waals surface area contributed by atoms with E-state index in [9.17, 15) is 9.90 Å². The highest BCUT2D eigenvalue weighted by Crippen LogP contribution is 2.36. The Kier molecular flexibility index (Phi) is 4.59. The number of amides is 1. The first-order valence-corrected chi connectivity index (χ1v) is 8.41. The summed E-state index contributed by atoms with van der Waals surface area (Å²) in [4.78, 5) is 14.5. The number of benzene rings is 1. The molecule has 120 valence electrons. The van der Waals surface area contributed by atoms with Crippen LogP contribution in [-0.2, 0) is 4.79 Å². The smallest absolute Gasteiger partial charge is 0.224 e. The van der Waals surface area contributed by atoms with Gasteiger partial charge in [0.15, 0.2) is 0 Å². The second-order valence-electron chi connectivity index (χ2n) is 6.45. The number of hydrogen-bond acceptors (Lipinski definition) is 3. The number of hydrogen-bond donors (Lipinski definition) is 2. The summed E-state index contributed by atoms with van der Waals surface area (Å²) in [7, 11) is 0. The number of nitrogens with zero attached hydrogens (tertiary/aromatic N) is 1. The molecule has 2 fully saturated rings. The molecular weight excluding hydrogens is 300 g/mol. The minimum atomic E-state index is -0.227. The molecule has 0 aliphatic carbocycles. The Balaban J connectivity index is 1.51. The highest BCUT2D eigenvalue weighted by atomic mass is 35.5. The molecule has 2 N–H and O–H groups in total. The Labute approximate surface area is 136 Å². The van der Waals surface area contributed by atoms with Gasteiger partial charge in [-0.15, -0.1) is 0 Å². The zero-order valence-electron chi connectivity index (χ0n) is 12.9. The van der Waals surface area contributed by atoms with Gasteiger partial charge in [0.2, 0.25) is 5.91 Å². The molecule has 1 amide bonds. The fourth-order valence-electron chi connectivity index (χ4n) is 3.70. The summed E-state index contributed by atoms with van der Waals surface area (Å²) < 4.78 is 0. The van der Waals surface area contributed by atoms with E-state index in [1.807, 2.05) is 30.0 Å². The molecule has 0 aromatic heterocycles. The number of nitrogens with one attached hydrogen (secondary N) is 1. The van der Waals surface area contributed by atoms with Crippen LogP contribution in [0.3, 0.4) is 0 Å². The Morgan fingerprint density at radius 2 is 2.05 bits per heavy atom. The molecular formula is C17H23ClN2O2. The number of fused-ring (bicyclic) bond motifs is 2. The molecule has 3 rings (SSSR count). The molecule has 0 radical (unpaired) electrons. The van der Waals surface area contributed by atoms with Crippen molar-refractivity contribution in [1.29, 1.82) is 0 Å². The van der Waals surface area contributed by atoms with E-state index in [2.05, 4.69) is 5.32 Å². The quantitative estimate of drug-likeness (QED) is 0.896. The molecule has 1 aromatic carbocycles. The van der Waals surface area contributed by atoms with Crippen LogP contribution in [-0.4, -0.2) is 40.6 Å². The fraction of sp³-hybridized carbons (Fsp3) is 0.588. The van der Waals surface area contributed by atoms with Crippen molar-refractivity contribution in [2.45, 2.75) is 57.2 Å². The molecule has 2 aliphatic heterocycles. The predicted molar refractivity (Wildman–Crippen MR) is 88.2 cm³/mol. The average molecular weight is 323 g/mol. The van der Waals surface area contributed by atoms with Crippen molar-refractivity contribution in [3.05, 3.63) is 28.8 Å². The number of piperidine rings is 1. The standard InChI is InChI=1S/C17H23ClN2O2/c1-11-2-3-12(8-16(11)18)19-7-6-17(22)20-13-4-5-14(20)10-15(21)9-13/h2-3,8,13-15,19,21H,4-7,9-10H2,1H3. The molecule has 0 saturated carbocycles. The summed E-state index contributed by atoms with van der Waals surface area (Å²) in [5.74, 6) is 0.199. The zero-order chi connectivity index (χ0) is 15.7. The largest absolute Gasteiger partial charge is 0.393 e. The molecule has 0 spiro atoms. The minimum absolute atomic E-state index is 0.199. The topological polar surface area (TPSA) is 52.6 Å². The Hall–Kier alpha value is -1.26. The van der Waals surface area contributed by atoms with Gasteiger partial charge in [-0.25, -0.2) is 0 Å². The van der Waals surface area contributed by atoms with Crippen molar-refractivity contribution in [3.63, 3.8) is 0 Å². The number of halogens is 1. The lowest BCUT2D eigenvalue weighted by molar-refractivity contribution is -0.137. The number of aliphatic hydroxyl groups excluding tert-OH is 1. The third-order valence-corrected chi connectivity index (χ3v) is 5.24. The first-order valence-electron chi connectivity index (χ1n) is 8.04. The number of rotatable bonds is 4. The molecule has 2 unspecified atom stereocenters. The molecule has 5 heteroatoms. The zero-order valence-corrected chi connectivity index (χ0v) is 13.6. The van der Waals surface area contributed by atoms with Crippen molar-refractivity contribution in [1.82, 2.24) is 4.90 Å². The fourth-order valence-corrected chi connectivity index (χ4v) is 3.88. The van der Waals surface area contributed by atoms with Crippen molar-refractivity contribution in [2.75, 3.05) is 11.9 Å². The highest BCUT2D eigenvalue weighted by molar-refractivity contribution is 6.31. The van der Waals surface area contributed by atoms with Crippen LogP contribution >= 0.6 is 11.6 Å². The second-order valence-corrected chi connectivity index (χ2v) is 6.86. The molecule has 2 saturated heterocycles. The number of anilines is 1. The summed E-state index contributed by atoms with van der Waals surface area (Å²) in [5, 5.41) is 13.8. The summed E-state index contributed by atoms with van der Waals surface area (Å²) >= 11 is 6.10. The van der Waals surface area contributed by atoms with Crippen LogP contribution in [0.4, 0.5) is 5.69 Å². The van der Waals surface area contributed by atoms with Gasteiger partial charge in [0.1, 0.15) is 0 Å². The van der Waals surface area contributed by atoms with E-state index in [1.165, 1.54) is 0 Å². The van der Waals surface area contributed by atoms with E-state index in [1.54, 1.807) is 0 Å². The second kappa shape index (κ2) is 6.47. The molecule has 4 nitrogen and oxygen atoms in total. The first kappa shape index (κ1) is 15.6. The monoisotopic (exact) mass is 322 g/mol. The molecule has 2 heterocycles. The third kappa shape index (κ3) is 3.23. The van der Waals surface area contributed by atoms with Gasteiger partial charge in [-0.05, 0) is 50.3 Å². The van der Waals surface area contributed by atoms with E-state index in [4.69, 9.17) is 11.6 Å². The van der Waals surface area contributed by atoms with Gasteiger partial charge in [-0.1, -0.05) is 17.7 Å². The van der Waals surface area contributed by atoms with Crippen LogP contribution in [0.2, 0.25) is 5.02 Å². The molecule has 2 atom stereocenters. The number of carbonyl (C=O) groups excluding carboxylic acids is 1. The Bertz CT molecular complexity index is 550. The van der Waals surface area contributed by atoms with E-state index >= 15 is 0 Å². The van der Waals surface area contributed by atoms with Gasteiger partial charge >= 0.3 is 0 Å². The van der Waals surface area contributed by atoms with Crippen LogP contribution in [0.15, 0.2) is 18.2 Å². The van der Waals surface area contributed by atoms with Gasteiger partial charge < -0.3 is 15.3 Å². The Morgan fingerprint density at radius 1 is 1.36 bits per heavy atom. The SMILES string of the molecule is Cc1ccc(NCCC(=O)N2C3CCC2CC(O)C3)cc1Cl.